The van der Waals surface area contributed by atoms with Gasteiger partial charge in [0.15, 0.2) is 0 Å². The number of hydrazone groups is 1. The lowest BCUT2D eigenvalue weighted by atomic mass is 9.98. The summed E-state index contributed by atoms with van der Waals surface area (Å²) in [5.74, 6) is 5.39. The van der Waals surface area contributed by atoms with Crippen molar-refractivity contribution >= 4 is 27.1 Å². The quantitative estimate of drug-likeness (QED) is 0.505. The summed E-state index contributed by atoms with van der Waals surface area (Å²) in [7, 11) is -5.39. The third-order valence-corrected chi connectivity index (χ3v) is 5.05. The normalized spacial score (nSPS) is 13.1. The number of sulfone groups is 1. The number of rotatable bonds is 3. The van der Waals surface area contributed by atoms with Crippen LogP contribution in [0.4, 0.5) is 13.2 Å². The van der Waals surface area contributed by atoms with Gasteiger partial charge in [-0.05, 0) is 36.8 Å². The molecule has 0 aliphatic rings. The number of benzene rings is 2. The predicted octanol–water partition coefficient (Wildman–Crippen LogP) is 3.65. The van der Waals surface area contributed by atoms with Crippen LogP contribution in [0, 0.1) is 6.92 Å². The van der Waals surface area contributed by atoms with E-state index in [1.807, 2.05) is 0 Å². The third kappa shape index (κ3) is 3.39. The van der Waals surface area contributed by atoms with E-state index in [1.54, 1.807) is 25.1 Å². The van der Waals surface area contributed by atoms with Crippen molar-refractivity contribution < 1.29 is 21.6 Å². The molecule has 9 heteroatoms. The van der Waals surface area contributed by atoms with Crippen LogP contribution in [0.25, 0.3) is 0 Å². The van der Waals surface area contributed by atoms with Crippen LogP contribution in [-0.4, -0.2) is 19.6 Å². The Morgan fingerprint density at radius 2 is 1.71 bits per heavy atom. The molecule has 0 aliphatic carbocycles. The fraction of sp³-hybridized carbons (Fsp3) is 0.133. The molecule has 0 aromatic heterocycles. The summed E-state index contributed by atoms with van der Waals surface area (Å²) < 4.78 is 60.4. The number of hydrogen-bond donors (Lipinski definition) is 1. The van der Waals surface area contributed by atoms with Gasteiger partial charge in [0.2, 0.25) is 0 Å². The Hall–Kier alpha value is -2.06. The van der Waals surface area contributed by atoms with E-state index in [4.69, 9.17) is 17.4 Å². The summed E-state index contributed by atoms with van der Waals surface area (Å²) >= 11 is 5.88. The molecule has 0 saturated carbocycles. The van der Waals surface area contributed by atoms with Crippen LogP contribution in [0.5, 0.6) is 0 Å². The highest BCUT2D eigenvalue weighted by Crippen LogP contribution is 2.30. The van der Waals surface area contributed by atoms with E-state index in [9.17, 15) is 21.6 Å². The maximum atomic E-state index is 12.6. The molecule has 24 heavy (non-hydrogen) atoms. The molecule has 128 valence electrons. The van der Waals surface area contributed by atoms with Crippen molar-refractivity contribution in [2.24, 2.45) is 10.9 Å². The van der Waals surface area contributed by atoms with E-state index in [0.29, 0.717) is 21.9 Å². The second-order valence-corrected chi connectivity index (χ2v) is 7.29. The highest BCUT2D eigenvalue weighted by atomic mass is 35.5. The molecule has 0 unspecified atom stereocenters. The van der Waals surface area contributed by atoms with E-state index in [0.717, 1.165) is 17.7 Å². The first kappa shape index (κ1) is 18.3. The fourth-order valence-corrected chi connectivity index (χ4v) is 3.11. The first-order valence-electron chi connectivity index (χ1n) is 6.54. The van der Waals surface area contributed by atoms with Crippen LogP contribution in [0.15, 0.2) is 52.5 Å². The predicted molar refractivity (Wildman–Crippen MR) is 85.7 cm³/mol. The van der Waals surface area contributed by atoms with Crippen molar-refractivity contribution in [3.05, 3.63) is 64.2 Å². The van der Waals surface area contributed by atoms with Crippen LogP contribution < -0.4 is 5.84 Å². The average molecular weight is 377 g/mol. The number of halogens is 4. The summed E-state index contributed by atoms with van der Waals surface area (Å²) in [6.07, 6.45) is 0. The van der Waals surface area contributed by atoms with Crippen molar-refractivity contribution in [1.29, 1.82) is 0 Å². The Morgan fingerprint density at radius 1 is 1.12 bits per heavy atom. The first-order chi connectivity index (χ1) is 11.1. The monoisotopic (exact) mass is 376 g/mol. The Morgan fingerprint density at radius 3 is 2.17 bits per heavy atom. The topological polar surface area (TPSA) is 72.5 Å². The van der Waals surface area contributed by atoms with Crippen molar-refractivity contribution in [3.63, 3.8) is 0 Å². The molecule has 2 aromatic rings. The van der Waals surface area contributed by atoms with Gasteiger partial charge >= 0.3 is 5.51 Å². The van der Waals surface area contributed by atoms with E-state index >= 15 is 0 Å². The summed E-state index contributed by atoms with van der Waals surface area (Å²) in [4.78, 5) is -0.844. The van der Waals surface area contributed by atoms with Crippen LogP contribution in [0.3, 0.4) is 0 Å². The Bertz CT molecular complexity index is 892. The number of hydrogen-bond acceptors (Lipinski definition) is 4. The molecule has 0 heterocycles. The zero-order valence-electron chi connectivity index (χ0n) is 12.3. The smallest absolute Gasteiger partial charge is 0.323 e. The summed E-state index contributed by atoms with van der Waals surface area (Å²) in [5.41, 5.74) is -3.28. The van der Waals surface area contributed by atoms with Gasteiger partial charge in [-0.2, -0.15) is 18.3 Å². The van der Waals surface area contributed by atoms with Crippen LogP contribution in [0.2, 0.25) is 5.02 Å². The molecule has 0 aliphatic heterocycles. The number of alkyl halides is 3. The molecular weight excluding hydrogens is 365 g/mol. The minimum absolute atomic E-state index is 0.306. The molecule has 0 fully saturated rings. The van der Waals surface area contributed by atoms with Gasteiger partial charge in [-0.25, -0.2) is 8.42 Å². The van der Waals surface area contributed by atoms with Gasteiger partial charge < -0.3 is 5.84 Å². The number of aryl methyl sites for hydroxylation is 1. The van der Waals surface area contributed by atoms with Gasteiger partial charge in [0.1, 0.15) is 0 Å². The molecule has 0 saturated heterocycles. The van der Waals surface area contributed by atoms with Crippen LogP contribution in [0.1, 0.15) is 16.7 Å². The molecular formula is C15H12ClF3N2O2S. The fourth-order valence-electron chi connectivity index (χ4n) is 2.12. The highest BCUT2D eigenvalue weighted by Gasteiger charge is 2.46. The molecule has 2 rings (SSSR count). The summed E-state index contributed by atoms with van der Waals surface area (Å²) in [5, 5.41) is 4.17. The molecule has 2 N–H and O–H groups in total. The third-order valence-electron chi connectivity index (χ3n) is 3.32. The van der Waals surface area contributed by atoms with Crippen LogP contribution in [-0.2, 0) is 9.84 Å². The first-order valence-corrected chi connectivity index (χ1v) is 8.40. The minimum atomic E-state index is -5.39. The van der Waals surface area contributed by atoms with Crippen molar-refractivity contribution in [2.75, 3.05) is 0 Å². The zero-order chi connectivity index (χ0) is 18.1. The van der Waals surface area contributed by atoms with Crippen molar-refractivity contribution in [3.8, 4) is 0 Å². The Kier molecular flexibility index (Phi) is 4.91. The number of nitrogens with zero attached hydrogens (tertiary/aromatic N) is 1. The average Bonchev–Trinajstić information content (AvgIpc) is 2.49. The largest absolute Gasteiger partial charge is 0.501 e. The van der Waals surface area contributed by atoms with Gasteiger partial charge in [0.05, 0.1) is 10.6 Å². The Balaban J connectivity index is 2.46. The summed E-state index contributed by atoms with van der Waals surface area (Å²) in [6.45, 7) is 1.77. The maximum Gasteiger partial charge on any atom is 0.501 e. The maximum absolute atomic E-state index is 12.6. The lowest BCUT2D eigenvalue weighted by molar-refractivity contribution is -0.0436. The lowest BCUT2D eigenvalue weighted by Gasteiger charge is -2.11. The standard InChI is InChI=1S/C15H12ClF3N2O2S/c1-9-8-11(16)4-7-13(9)14(21-20)10-2-5-12(6-3-10)24(22,23)15(17,18)19/h2-8H,20H2,1H3. The van der Waals surface area contributed by atoms with Gasteiger partial charge in [0, 0.05) is 16.1 Å². The second-order valence-electron chi connectivity index (χ2n) is 4.91. The second kappa shape index (κ2) is 6.45. The SMILES string of the molecule is Cc1cc(Cl)ccc1C(=NN)c1ccc(S(=O)(=O)C(F)(F)F)cc1. The molecule has 0 radical (unpaired) electrons. The molecule has 0 spiro atoms. The van der Waals surface area contributed by atoms with E-state index in [2.05, 4.69) is 5.10 Å². The molecule has 2 aromatic carbocycles. The van der Waals surface area contributed by atoms with Gasteiger partial charge in [-0.15, -0.1) is 0 Å². The van der Waals surface area contributed by atoms with Crippen molar-refractivity contribution in [2.45, 2.75) is 17.3 Å². The van der Waals surface area contributed by atoms with Gasteiger partial charge in [-0.3, -0.25) is 0 Å². The highest BCUT2D eigenvalue weighted by molar-refractivity contribution is 7.92. The molecule has 0 bridgehead atoms. The molecule has 0 amide bonds. The molecule has 0 atom stereocenters. The van der Waals surface area contributed by atoms with Crippen LogP contribution >= 0.6 is 11.6 Å². The zero-order valence-corrected chi connectivity index (χ0v) is 13.9. The van der Waals surface area contributed by atoms with E-state index in [1.165, 1.54) is 12.1 Å². The minimum Gasteiger partial charge on any atom is -0.323 e. The Labute approximate surface area is 141 Å². The number of nitrogens with two attached hydrogens (primary N) is 1. The van der Waals surface area contributed by atoms with E-state index in [-0.39, 0.29) is 0 Å². The molecule has 4 nitrogen and oxygen atoms in total. The van der Waals surface area contributed by atoms with Gasteiger partial charge in [-0.1, -0.05) is 29.8 Å². The van der Waals surface area contributed by atoms with E-state index < -0.39 is 20.2 Å². The lowest BCUT2D eigenvalue weighted by Crippen LogP contribution is -2.23. The summed E-state index contributed by atoms with van der Waals surface area (Å²) in [6, 6.07) is 9.16. The van der Waals surface area contributed by atoms with Gasteiger partial charge in [0.25, 0.3) is 9.84 Å². The van der Waals surface area contributed by atoms with Crippen molar-refractivity contribution in [1.82, 2.24) is 0 Å².